The molecule has 0 saturated carbocycles. The first-order valence-electron chi connectivity index (χ1n) is 10.7. The SMILES string of the molecule is CCCCCCCCCCCCOC(=O)C(C)(C)C(=O)OCCC(C)C. The molecule has 4 nitrogen and oxygen atoms in total. The molecular weight excluding hydrogens is 328 g/mol. The minimum Gasteiger partial charge on any atom is -0.465 e. The number of carbonyl (C=O) groups excluding carboxylic acids is 2. The molecule has 0 fully saturated rings. The smallest absolute Gasteiger partial charge is 0.322 e. The minimum atomic E-state index is -1.23. The average molecular weight is 371 g/mol. The summed E-state index contributed by atoms with van der Waals surface area (Å²) in [5.41, 5.74) is -1.23. The van der Waals surface area contributed by atoms with Gasteiger partial charge in [-0.25, -0.2) is 0 Å². The van der Waals surface area contributed by atoms with Crippen LogP contribution in [0.15, 0.2) is 0 Å². The fourth-order valence-corrected chi connectivity index (χ4v) is 2.59. The first kappa shape index (κ1) is 24.9. The summed E-state index contributed by atoms with van der Waals surface area (Å²) in [4.78, 5) is 24.2. The standard InChI is InChI=1S/C22H42O4/c1-6-7-8-9-10-11-12-13-14-15-17-25-20(23)22(4,5)21(24)26-18-16-19(2)3/h19H,6-18H2,1-5H3. The van der Waals surface area contributed by atoms with Crippen LogP contribution >= 0.6 is 0 Å². The molecule has 0 unspecified atom stereocenters. The lowest BCUT2D eigenvalue weighted by atomic mass is 9.94. The summed E-state index contributed by atoms with van der Waals surface area (Å²) in [6.45, 7) is 10.3. The Kier molecular flexibility index (Phi) is 14.4. The van der Waals surface area contributed by atoms with Crippen LogP contribution in [-0.4, -0.2) is 25.2 Å². The van der Waals surface area contributed by atoms with Gasteiger partial charge in [0.05, 0.1) is 13.2 Å². The molecule has 0 amide bonds. The van der Waals surface area contributed by atoms with E-state index in [2.05, 4.69) is 20.8 Å². The first-order valence-corrected chi connectivity index (χ1v) is 10.7. The third-order valence-corrected chi connectivity index (χ3v) is 4.68. The molecule has 26 heavy (non-hydrogen) atoms. The normalized spacial score (nSPS) is 11.6. The van der Waals surface area contributed by atoms with Crippen molar-refractivity contribution in [2.75, 3.05) is 13.2 Å². The van der Waals surface area contributed by atoms with Gasteiger partial charge in [0.1, 0.15) is 0 Å². The van der Waals surface area contributed by atoms with Crippen LogP contribution in [0.25, 0.3) is 0 Å². The lowest BCUT2D eigenvalue weighted by Crippen LogP contribution is -2.37. The van der Waals surface area contributed by atoms with E-state index < -0.39 is 17.4 Å². The van der Waals surface area contributed by atoms with Gasteiger partial charge in [-0.2, -0.15) is 0 Å². The Labute approximate surface area is 161 Å². The number of carbonyl (C=O) groups is 2. The number of rotatable bonds is 16. The van der Waals surface area contributed by atoms with E-state index in [1.807, 2.05) is 0 Å². The van der Waals surface area contributed by atoms with Gasteiger partial charge in [0, 0.05) is 0 Å². The van der Waals surface area contributed by atoms with E-state index in [0.29, 0.717) is 19.1 Å². The van der Waals surface area contributed by atoms with Crippen molar-refractivity contribution in [1.82, 2.24) is 0 Å². The molecule has 0 radical (unpaired) electrons. The zero-order chi connectivity index (χ0) is 19.8. The third kappa shape index (κ3) is 12.3. The van der Waals surface area contributed by atoms with E-state index in [9.17, 15) is 9.59 Å². The Hall–Kier alpha value is -1.06. The van der Waals surface area contributed by atoms with Crippen LogP contribution in [-0.2, 0) is 19.1 Å². The second kappa shape index (κ2) is 15.0. The number of hydrogen-bond donors (Lipinski definition) is 0. The molecule has 0 rings (SSSR count). The van der Waals surface area contributed by atoms with Gasteiger partial charge in [-0.15, -0.1) is 0 Å². The van der Waals surface area contributed by atoms with Crippen molar-refractivity contribution in [3.8, 4) is 0 Å². The predicted molar refractivity (Wildman–Crippen MR) is 107 cm³/mol. The molecule has 0 atom stereocenters. The van der Waals surface area contributed by atoms with E-state index in [1.165, 1.54) is 51.4 Å². The fraction of sp³-hybridized carbons (Fsp3) is 0.909. The van der Waals surface area contributed by atoms with Crippen molar-refractivity contribution < 1.29 is 19.1 Å². The number of esters is 2. The van der Waals surface area contributed by atoms with Crippen molar-refractivity contribution >= 4 is 11.9 Å². The number of hydrogen-bond acceptors (Lipinski definition) is 4. The van der Waals surface area contributed by atoms with Crippen molar-refractivity contribution in [3.05, 3.63) is 0 Å². The molecular formula is C22H42O4. The second-order valence-corrected chi connectivity index (χ2v) is 8.26. The molecule has 0 aliphatic rings. The molecule has 4 heteroatoms. The zero-order valence-electron chi connectivity index (χ0n) is 17.9. The Morgan fingerprint density at radius 1 is 0.731 bits per heavy atom. The molecule has 0 aliphatic heterocycles. The van der Waals surface area contributed by atoms with Gasteiger partial charge in [-0.3, -0.25) is 9.59 Å². The van der Waals surface area contributed by atoms with E-state index in [0.717, 1.165) is 19.3 Å². The molecule has 0 aliphatic carbocycles. The summed E-state index contributed by atoms with van der Waals surface area (Å²) in [5.74, 6) is -0.511. The van der Waals surface area contributed by atoms with Crippen molar-refractivity contribution in [3.63, 3.8) is 0 Å². The van der Waals surface area contributed by atoms with Gasteiger partial charge in [0.25, 0.3) is 0 Å². The lowest BCUT2D eigenvalue weighted by Gasteiger charge is -2.21. The Morgan fingerprint density at radius 2 is 1.15 bits per heavy atom. The van der Waals surface area contributed by atoms with E-state index >= 15 is 0 Å². The summed E-state index contributed by atoms with van der Waals surface area (Å²) in [6.07, 6.45) is 13.2. The highest BCUT2D eigenvalue weighted by Gasteiger charge is 2.39. The van der Waals surface area contributed by atoms with Crippen LogP contribution in [0.5, 0.6) is 0 Å². The summed E-state index contributed by atoms with van der Waals surface area (Å²) in [7, 11) is 0. The van der Waals surface area contributed by atoms with Gasteiger partial charge >= 0.3 is 11.9 Å². The summed E-state index contributed by atoms with van der Waals surface area (Å²) < 4.78 is 10.5. The summed E-state index contributed by atoms with van der Waals surface area (Å²) in [6, 6.07) is 0. The molecule has 0 N–H and O–H groups in total. The van der Waals surface area contributed by atoms with Crippen molar-refractivity contribution in [1.29, 1.82) is 0 Å². The quantitative estimate of drug-likeness (QED) is 0.188. The fourth-order valence-electron chi connectivity index (χ4n) is 2.59. The molecule has 0 aromatic heterocycles. The van der Waals surface area contributed by atoms with Crippen molar-refractivity contribution in [2.45, 2.75) is 105 Å². The molecule has 0 saturated heterocycles. The maximum Gasteiger partial charge on any atom is 0.322 e. The molecule has 154 valence electrons. The highest BCUT2D eigenvalue weighted by Crippen LogP contribution is 2.20. The highest BCUT2D eigenvalue weighted by molar-refractivity contribution is 5.99. The number of unbranched alkanes of at least 4 members (excludes halogenated alkanes) is 9. The molecule has 0 aromatic carbocycles. The Bertz CT molecular complexity index is 374. The van der Waals surface area contributed by atoms with Crippen LogP contribution in [0.1, 0.15) is 105 Å². The van der Waals surface area contributed by atoms with Gasteiger partial charge in [0.15, 0.2) is 5.41 Å². The van der Waals surface area contributed by atoms with Crippen LogP contribution in [0, 0.1) is 11.3 Å². The van der Waals surface area contributed by atoms with Gasteiger partial charge in [0.2, 0.25) is 0 Å². The average Bonchev–Trinajstić information content (AvgIpc) is 2.58. The molecule has 0 spiro atoms. The maximum atomic E-state index is 12.1. The summed E-state index contributed by atoms with van der Waals surface area (Å²) >= 11 is 0. The summed E-state index contributed by atoms with van der Waals surface area (Å²) in [5, 5.41) is 0. The molecule has 0 bridgehead atoms. The molecule has 0 aromatic rings. The van der Waals surface area contributed by atoms with Gasteiger partial charge in [-0.05, 0) is 32.6 Å². The third-order valence-electron chi connectivity index (χ3n) is 4.68. The van der Waals surface area contributed by atoms with Crippen LogP contribution in [0.2, 0.25) is 0 Å². The van der Waals surface area contributed by atoms with Crippen molar-refractivity contribution in [2.24, 2.45) is 11.3 Å². The molecule has 0 heterocycles. The topological polar surface area (TPSA) is 52.6 Å². The maximum absolute atomic E-state index is 12.1. The largest absolute Gasteiger partial charge is 0.465 e. The van der Waals surface area contributed by atoms with E-state index in [1.54, 1.807) is 13.8 Å². The van der Waals surface area contributed by atoms with Crippen LogP contribution < -0.4 is 0 Å². The van der Waals surface area contributed by atoms with Crippen LogP contribution in [0.3, 0.4) is 0 Å². The van der Waals surface area contributed by atoms with Gasteiger partial charge < -0.3 is 9.47 Å². The lowest BCUT2D eigenvalue weighted by molar-refractivity contribution is -0.170. The zero-order valence-corrected chi connectivity index (χ0v) is 17.9. The van der Waals surface area contributed by atoms with Crippen LogP contribution in [0.4, 0.5) is 0 Å². The Morgan fingerprint density at radius 3 is 1.62 bits per heavy atom. The highest BCUT2D eigenvalue weighted by atomic mass is 16.6. The van der Waals surface area contributed by atoms with E-state index in [-0.39, 0.29) is 0 Å². The second-order valence-electron chi connectivity index (χ2n) is 8.26. The Balaban J connectivity index is 3.71. The minimum absolute atomic E-state index is 0.353. The first-order chi connectivity index (χ1) is 12.3. The number of ether oxygens (including phenoxy) is 2. The van der Waals surface area contributed by atoms with E-state index in [4.69, 9.17) is 9.47 Å². The predicted octanol–water partition coefficient (Wildman–Crippen LogP) is 6.07. The van der Waals surface area contributed by atoms with Gasteiger partial charge in [-0.1, -0.05) is 78.6 Å². The monoisotopic (exact) mass is 370 g/mol.